The van der Waals surface area contributed by atoms with Crippen LogP contribution in [0, 0.1) is 11.8 Å². The summed E-state index contributed by atoms with van der Waals surface area (Å²) in [5.74, 6) is 1.59. The van der Waals surface area contributed by atoms with Gasteiger partial charge in [-0.05, 0) is 66.6 Å². The highest BCUT2D eigenvalue weighted by molar-refractivity contribution is 5.83. The molecule has 7 heteroatoms. The molecule has 162 valence electrons. The van der Waals surface area contributed by atoms with Gasteiger partial charge < -0.3 is 9.32 Å². The van der Waals surface area contributed by atoms with Gasteiger partial charge in [-0.2, -0.15) is 9.78 Å². The lowest BCUT2D eigenvalue weighted by molar-refractivity contribution is -0.131. The van der Waals surface area contributed by atoms with Gasteiger partial charge in [0, 0.05) is 30.8 Å². The molecule has 1 N–H and O–H groups in total. The third-order valence-electron chi connectivity index (χ3n) is 6.57. The molecular weight excluding hydrogens is 404 g/mol. The van der Waals surface area contributed by atoms with Gasteiger partial charge in [0.15, 0.2) is 0 Å². The van der Waals surface area contributed by atoms with E-state index < -0.39 is 0 Å². The van der Waals surface area contributed by atoms with Gasteiger partial charge in [-0.15, -0.1) is 0 Å². The van der Waals surface area contributed by atoms with E-state index in [2.05, 4.69) is 16.1 Å². The number of hydrogen-bond donors (Lipinski definition) is 1. The topological polar surface area (TPSA) is 84.1 Å². The quantitative estimate of drug-likeness (QED) is 0.524. The van der Waals surface area contributed by atoms with Gasteiger partial charge in [-0.3, -0.25) is 9.78 Å². The number of hydrogen-bond acceptors (Lipinski definition) is 4. The number of amides is 1. The summed E-state index contributed by atoms with van der Waals surface area (Å²) < 4.78 is 6.83. The Morgan fingerprint density at radius 3 is 2.69 bits per heavy atom. The molecule has 1 atom stereocenters. The number of H-pyrrole nitrogens is 1. The molecule has 7 nitrogen and oxygen atoms in total. The van der Waals surface area contributed by atoms with Crippen molar-refractivity contribution in [3.05, 3.63) is 71.1 Å². The van der Waals surface area contributed by atoms with E-state index in [1.165, 1.54) is 4.68 Å². The monoisotopic (exact) mass is 428 g/mol. The van der Waals surface area contributed by atoms with Crippen molar-refractivity contribution in [1.29, 1.82) is 0 Å². The first-order chi connectivity index (χ1) is 15.6. The maximum Gasteiger partial charge on any atom is 0.348 e. The number of aromatic amines is 1. The van der Waals surface area contributed by atoms with E-state index in [1.807, 2.05) is 47.4 Å². The van der Waals surface area contributed by atoms with Crippen LogP contribution in [0.4, 0.5) is 0 Å². The van der Waals surface area contributed by atoms with Gasteiger partial charge in [0.05, 0.1) is 12.0 Å². The highest BCUT2D eigenvalue weighted by Crippen LogP contribution is 2.33. The highest BCUT2D eigenvalue weighted by atomic mass is 16.3. The summed E-state index contributed by atoms with van der Waals surface area (Å²) in [7, 11) is 0. The van der Waals surface area contributed by atoms with E-state index in [0.29, 0.717) is 24.1 Å². The SMILES string of the molecule is O=C(C1CC1)N1CC[C@@H](Cc2nn(-c3ccc(-c4ccc5occc5c4)cc3)c(=O)[nH]2)C1. The first kappa shape index (κ1) is 19.1. The average molecular weight is 428 g/mol. The van der Waals surface area contributed by atoms with Gasteiger partial charge in [-0.1, -0.05) is 18.2 Å². The van der Waals surface area contributed by atoms with Gasteiger partial charge in [0.1, 0.15) is 11.4 Å². The fourth-order valence-electron chi connectivity index (χ4n) is 4.64. The van der Waals surface area contributed by atoms with Crippen LogP contribution in [0.5, 0.6) is 0 Å². The lowest BCUT2D eigenvalue weighted by Gasteiger charge is -2.15. The van der Waals surface area contributed by atoms with Crippen LogP contribution in [0.3, 0.4) is 0 Å². The highest BCUT2D eigenvalue weighted by Gasteiger charge is 2.36. The van der Waals surface area contributed by atoms with Gasteiger partial charge in [-0.25, -0.2) is 4.79 Å². The molecule has 6 rings (SSSR count). The van der Waals surface area contributed by atoms with Gasteiger partial charge in [0.2, 0.25) is 5.91 Å². The summed E-state index contributed by atoms with van der Waals surface area (Å²) in [6, 6.07) is 15.8. The Kier molecular flexibility index (Phi) is 4.48. The molecule has 1 saturated carbocycles. The average Bonchev–Trinajstić information content (AvgIpc) is 3.19. The Morgan fingerprint density at radius 2 is 1.88 bits per heavy atom. The maximum atomic E-state index is 12.5. The van der Waals surface area contributed by atoms with Crippen LogP contribution in [0.15, 0.2) is 64.0 Å². The Hall–Kier alpha value is -3.61. The molecule has 0 bridgehead atoms. The summed E-state index contributed by atoms with van der Waals surface area (Å²) in [5, 5.41) is 5.59. The zero-order valence-electron chi connectivity index (χ0n) is 17.7. The van der Waals surface area contributed by atoms with Crippen molar-refractivity contribution in [2.24, 2.45) is 11.8 Å². The van der Waals surface area contributed by atoms with Crippen LogP contribution in [0.25, 0.3) is 27.8 Å². The van der Waals surface area contributed by atoms with E-state index in [0.717, 1.165) is 60.1 Å². The first-order valence-corrected chi connectivity index (χ1v) is 11.2. The third-order valence-corrected chi connectivity index (χ3v) is 6.57. The maximum absolute atomic E-state index is 12.5. The molecule has 1 saturated heterocycles. The van der Waals surface area contributed by atoms with Crippen molar-refractivity contribution in [2.75, 3.05) is 13.1 Å². The van der Waals surface area contributed by atoms with E-state index in [-0.39, 0.29) is 11.6 Å². The normalized spacial score (nSPS) is 18.5. The second kappa shape index (κ2) is 7.51. The van der Waals surface area contributed by atoms with Crippen LogP contribution in [-0.4, -0.2) is 38.7 Å². The van der Waals surface area contributed by atoms with Gasteiger partial charge in [0.25, 0.3) is 0 Å². The Balaban J connectivity index is 1.17. The first-order valence-electron chi connectivity index (χ1n) is 11.2. The molecule has 1 amide bonds. The summed E-state index contributed by atoms with van der Waals surface area (Å²) in [4.78, 5) is 29.7. The van der Waals surface area contributed by atoms with E-state index >= 15 is 0 Å². The number of benzene rings is 2. The molecule has 2 aromatic carbocycles. The second-order valence-corrected chi connectivity index (χ2v) is 8.93. The molecule has 2 fully saturated rings. The molecule has 0 radical (unpaired) electrons. The van der Waals surface area contributed by atoms with Crippen molar-refractivity contribution in [3.63, 3.8) is 0 Å². The minimum Gasteiger partial charge on any atom is -0.464 e. The zero-order chi connectivity index (χ0) is 21.7. The van der Waals surface area contributed by atoms with Crippen LogP contribution in [0.1, 0.15) is 25.1 Å². The smallest absolute Gasteiger partial charge is 0.348 e. The van der Waals surface area contributed by atoms with Crippen LogP contribution in [0.2, 0.25) is 0 Å². The summed E-state index contributed by atoms with van der Waals surface area (Å²) in [6.07, 6.45) is 5.40. The molecule has 2 aromatic heterocycles. The number of aromatic nitrogens is 3. The zero-order valence-corrected chi connectivity index (χ0v) is 17.7. The molecule has 2 aliphatic rings. The van der Waals surface area contributed by atoms with Crippen molar-refractivity contribution in [2.45, 2.75) is 25.7 Å². The molecule has 32 heavy (non-hydrogen) atoms. The van der Waals surface area contributed by atoms with E-state index in [1.54, 1.807) is 6.26 Å². The van der Waals surface area contributed by atoms with E-state index in [4.69, 9.17) is 4.42 Å². The van der Waals surface area contributed by atoms with E-state index in [9.17, 15) is 9.59 Å². The lowest BCUT2D eigenvalue weighted by atomic mass is 10.0. The van der Waals surface area contributed by atoms with Crippen LogP contribution in [-0.2, 0) is 11.2 Å². The molecule has 1 aliphatic carbocycles. The predicted octanol–water partition coefficient (Wildman–Crippen LogP) is 3.77. The summed E-state index contributed by atoms with van der Waals surface area (Å²) in [5.41, 5.74) is 3.50. The standard InChI is InChI=1S/C25H24N4O3/c30-24(18-1-2-18)28-11-9-16(15-28)13-23-26-25(31)29(27-23)21-6-3-17(4-7-21)19-5-8-22-20(14-19)10-12-32-22/h3-8,10,12,14,16,18H,1-2,9,11,13,15H2,(H,26,27,31)/t16-/m0/s1. The second-order valence-electron chi connectivity index (χ2n) is 8.93. The summed E-state index contributed by atoms with van der Waals surface area (Å²) >= 11 is 0. The van der Waals surface area contributed by atoms with Gasteiger partial charge >= 0.3 is 5.69 Å². The number of likely N-dealkylation sites (tertiary alicyclic amines) is 1. The van der Waals surface area contributed by atoms with Crippen LogP contribution >= 0.6 is 0 Å². The minimum absolute atomic E-state index is 0.239. The number of furan rings is 1. The third kappa shape index (κ3) is 3.53. The van der Waals surface area contributed by atoms with Crippen molar-refractivity contribution in [3.8, 4) is 16.8 Å². The van der Waals surface area contributed by atoms with Crippen molar-refractivity contribution < 1.29 is 9.21 Å². The fraction of sp³-hybridized carbons (Fsp3) is 0.320. The molecule has 0 spiro atoms. The molecular formula is C25H24N4O3. The number of nitrogens with one attached hydrogen (secondary N) is 1. The van der Waals surface area contributed by atoms with Crippen molar-refractivity contribution in [1.82, 2.24) is 19.7 Å². The number of fused-ring (bicyclic) bond motifs is 1. The lowest BCUT2D eigenvalue weighted by Crippen LogP contribution is -2.30. The summed E-state index contributed by atoms with van der Waals surface area (Å²) in [6.45, 7) is 1.58. The number of carbonyl (C=O) groups is 1. The molecule has 3 heterocycles. The Morgan fingerprint density at radius 1 is 1.06 bits per heavy atom. The molecule has 0 unspecified atom stereocenters. The fourth-order valence-corrected chi connectivity index (χ4v) is 4.64. The molecule has 4 aromatic rings. The van der Waals surface area contributed by atoms with Crippen LogP contribution < -0.4 is 5.69 Å². The number of nitrogens with zero attached hydrogens (tertiary/aromatic N) is 3. The number of carbonyl (C=O) groups excluding carboxylic acids is 1. The minimum atomic E-state index is -0.239. The number of rotatable bonds is 5. The Labute approximate surface area is 184 Å². The Bertz CT molecular complexity index is 1340. The predicted molar refractivity (Wildman–Crippen MR) is 121 cm³/mol. The largest absolute Gasteiger partial charge is 0.464 e. The molecule has 1 aliphatic heterocycles. The van der Waals surface area contributed by atoms with Crippen molar-refractivity contribution >= 4 is 16.9 Å².